The van der Waals surface area contributed by atoms with Gasteiger partial charge in [-0.15, -0.1) is 0 Å². The summed E-state index contributed by atoms with van der Waals surface area (Å²) in [7, 11) is 1.89. The van der Waals surface area contributed by atoms with E-state index in [-0.39, 0.29) is 6.03 Å². The van der Waals surface area contributed by atoms with Gasteiger partial charge in [-0.2, -0.15) is 5.10 Å². The highest BCUT2D eigenvalue weighted by atomic mass is 16.2. The van der Waals surface area contributed by atoms with Crippen molar-refractivity contribution in [1.82, 2.24) is 14.8 Å². The SMILES string of the molecule is Cc1cccc(-c2ccc3c(n2)N(C(=O)Nc2ccc4nn(C)cc4c2)CCCN3)c1. The van der Waals surface area contributed by atoms with Crippen molar-refractivity contribution in [3.8, 4) is 11.3 Å². The topological polar surface area (TPSA) is 75.1 Å². The second kappa shape index (κ2) is 7.75. The van der Waals surface area contributed by atoms with Crippen LogP contribution in [0.15, 0.2) is 60.8 Å². The zero-order valence-electron chi connectivity index (χ0n) is 17.6. The van der Waals surface area contributed by atoms with Crippen LogP contribution in [0.4, 0.5) is 22.0 Å². The van der Waals surface area contributed by atoms with Crippen molar-refractivity contribution in [3.63, 3.8) is 0 Å². The fourth-order valence-corrected chi connectivity index (χ4v) is 3.94. The van der Waals surface area contributed by atoms with Gasteiger partial charge in [-0.3, -0.25) is 9.58 Å². The van der Waals surface area contributed by atoms with Gasteiger partial charge in [-0.1, -0.05) is 23.8 Å². The number of urea groups is 1. The molecule has 3 heterocycles. The average molecular weight is 412 g/mol. The molecule has 2 aromatic carbocycles. The monoisotopic (exact) mass is 412 g/mol. The molecule has 0 unspecified atom stereocenters. The molecule has 2 aromatic heterocycles. The van der Waals surface area contributed by atoms with Crippen molar-refractivity contribution in [2.24, 2.45) is 7.05 Å². The minimum absolute atomic E-state index is 0.193. The number of fused-ring (bicyclic) bond motifs is 2. The van der Waals surface area contributed by atoms with E-state index in [0.29, 0.717) is 12.4 Å². The number of rotatable bonds is 2. The first-order valence-electron chi connectivity index (χ1n) is 10.4. The normalized spacial score (nSPS) is 13.4. The Kier molecular flexibility index (Phi) is 4.78. The van der Waals surface area contributed by atoms with Crippen molar-refractivity contribution in [1.29, 1.82) is 0 Å². The lowest BCUT2D eigenvalue weighted by Gasteiger charge is -2.22. The standard InChI is InChI=1S/C24H24N6O/c1-16-5-3-6-17(13-16)20-9-10-22-23(27-20)30(12-4-11-25-22)24(31)26-19-7-8-21-18(14-19)15-29(2)28-21/h3,5-10,13-15,25H,4,11-12H2,1-2H3,(H,26,31). The fourth-order valence-electron chi connectivity index (χ4n) is 3.94. The fraction of sp³-hybridized carbons (Fsp3) is 0.208. The van der Waals surface area contributed by atoms with Gasteiger partial charge in [0.1, 0.15) is 0 Å². The van der Waals surface area contributed by atoms with Gasteiger partial charge in [0.15, 0.2) is 5.82 Å². The number of nitrogens with one attached hydrogen (secondary N) is 2. The first-order chi connectivity index (χ1) is 15.1. The largest absolute Gasteiger partial charge is 0.382 e. The number of pyridine rings is 1. The van der Waals surface area contributed by atoms with Crippen LogP contribution in [-0.2, 0) is 7.05 Å². The molecule has 0 bridgehead atoms. The number of amides is 2. The lowest BCUT2D eigenvalue weighted by atomic mass is 10.1. The number of nitrogens with zero attached hydrogens (tertiary/aromatic N) is 4. The van der Waals surface area contributed by atoms with Gasteiger partial charge in [0.2, 0.25) is 0 Å². The first-order valence-corrected chi connectivity index (χ1v) is 10.4. The molecule has 2 N–H and O–H groups in total. The summed E-state index contributed by atoms with van der Waals surface area (Å²) < 4.78 is 1.77. The maximum Gasteiger partial charge on any atom is 0.327 e. The van der Waals surface area contributed by atoms with E-state index in [9.17, 15) is 4.79 Å². The molecule has 7 heteroatoms. The van der Waals surface area contributed by atoms with Crippen molar-refractivity contribution in [2.75, 3.05) is 28.6 Å². The van der Waals surface area contributed by atoms with Crippen LogP contribution >= 0.6 is 0 Å². The molecule has 0 saturated carbocycles. The molecule has 156 valence electrons. The average Bonchev–Trinajstić information content (AvgIpc) is 2.99. The van der Waals surface area contributed by atoms with Crippen LogP contribution in [0.1, 0.15) is 12.0 Å². The number of benzene rings is 2. The highest BCUT2D eigenvalue weighted by Gasteiger charge is 2.23. The smallest absolute Gasteiger partial charge is 0.327 e. The molecule has 0 saturated heterocycles. The van der Waals surface area contributed by atoms with Gasteiger partial charge < -0.3 is 10.6 Å². The van der Waals surface area contributed by atoms with Crippen molar-refractivity contribution in [2.45, 2.75) is 13.3 Å². The lowest BCUT2D eigenvalue weighted by molar-refractivity contribution is 0.257. The van der Waals surface area contributed by atoms with E-state index >= 15 is 0 Å². The number of aromatic nitrogens is 3. The molecule has 0 radical (unpaired) electrons. The minimum atomic E-state index is -0.193. The number of hydrogen-bond acceptors (Lipinski definition) is 4. The van der Waals surface area contributed by atoms with E-state index in [2.05, 4.69) is 34.8 Å². The minimum Gasteiger partial charge on any atom is -0.382 e. The van der Waals surface area contributed by atoms with Crippen LogP contribution in [-0.4, -0.2) is 33.9 Å². The Morgan fingerprint density at radius 2 is 2.03 bits per heavy atom. The van der Waals surface area contributed by atoms with Crippen molar-refractivity contribution in [3.05, 3.63) is 66.4 Å². The quantitative estimate of drug-likeness (QED) is 0.496. The number of aryl methyl sites for hydroxylation is 2. The van der Waals surface area contributed by atoms with Gasteiger partial charge in [-0.05, 0) is 49.7 Å². The lowest BCUT2D eigenvalue weighted by Crippen LogP contribution is -2.36. The molecule has 5 rings (SSSR count). The van der Waals surface area contributed by atoms with Gasteiger partial charge >= 0.3 is 6.03 Å². The summed E-state index contributed by atoms with van der Waals surface area (Å²) in [4.78, 5) is 19.8. The summed E-state index contributed by atoms with van der Waals surface area (Å²) in [5, 5.41) is 11.8. The highest BCUT2D eigenvalue weighted by molar-refractivity contribution is 6.04. The molecule has 0 fully saturated rings. The Hall–Kier alpha value is -3.87. The van der Waals surface area contributed by atoms with Gasteiger partial charge in [-0.25, -0.2) is 9.78 Å². The second-order valence-electron chi connectivity index (χ2n) is 7.88. The molecule has 0 atom stereocenters. The molecule has 1 aliphatic heterocycles. The first kappa shape index (κ1) is 19.1. The molecule has 31 heavy (non-hydrogen) atoms. The summed E-state index contributed by atoms with van der Waals surface area (Å²) in [5.74, 6) is 0.650. The maximum atomic E-state index is 13.3. The van der Waals surface area contributed by atoms with Gasteiger partial charge in [0.05, 0.1) is 16.9 Å². The Morgan fingerprint density at radius 3 is 2.90 bits per heavy atom. The number of carbonyl (C=O) groups is 1. The third kappa shape index (κ3) is 3.82. The Balaban J connectivity index is 1.47. The molecular formula is C24H24N6O. The van der Waals surface area contributed by atoms with Crippen LogP contribution in [0.25, 0.3) is 22.2 Å². The van der Waals surface area contributed by atoms with Crippen LogP contribution in [0.5, 0.6) is 0 Å². The molecule has 0 spiro atoms. The number of hydrogen-bond donors (Lipinski definition) is 2. The summed E-state index contributed by atoms with van der Waals surface area (Å²) in [6.07, 6.45) is 2.77. The maximum absolute atomic E-state index is 13.3. The molecular weight excluding hydrogens is 388 g/mol. The molecule has 1 aliphatic rings. The summed E-state index contributed by atoms with van der Waals surface area (Å²) in [5.41, 5.74) is 5.56. The third-order valence-corrected chi connectivity index (χ3v) is 5.43. The van der Waals surface area contributed by atoms with E-state index in [4.69, 9.17) is 4.98 Å². The zero-order chi connectivity index (χ0) is 21.4. The highest BCUT2D eigenvalue weighted by Crippen LogP contribution is 2.31. The second-order valence-corrected chi connectivity index (χ2v) is 7.88. The number of anilines is 3. The Bertz CT molecular complexity index is 1280. The predicted molar refractivity (Wildman–Crippen MR) is 125 cm³/mol. The van der Waals surface area contributed by atoms with E-state index < -0.39 is 0 Å². The van der Waals surface area contributed by atoms with E-state index in [1.54, 1.807) is 9.58 Å². The van der Waals surface area contributed by atoms with E-state index in [0.717, 1.165) is 46.5 Å². The van der Waals surface area contributed by atoms with Gasteiger partial charge in [0, 0.05) is 43.0 Å². The van der Waals surface area contributed by atoms with E-state index in [1.165, 1.54) is 5.56 Å². The predicted octanol–water partition coefficient (Wildman–Crippen LogP) is 4.80. The van der Waals surface area contributed by atoms with Crippen molar-refractivity contribution >= 4 is 34.1 Å². The molecule has 4 aromatic rings. The Labute approximate surface area is 180 Å². The van der Waals surface area contributed by atoms with Crippen LogP contribution in [0.3, 0.4) is 0 Å². The summed E-state index contributed by atoms with van der Waals surface area (Å²) >= 11 is 0. The Morgan fingerprint density at radius 1 is 1.13 bits per heavy atom. The van der Waals surface area contributed by atoms with Crippen molar-refractivity contribution < 1.29 is 4.79 Å². The summed E-state index contributed by atoms with van der Waals surface area (Å²) in [6, 6.07) is 17.8. The van der Waals surface area contributed by atoms with Gasteiger partial charge in [0.25, 0.3) is 0 Å². The van der Waals surface area contributed by atoms with Crippen LogP contribution < -0.4 is 15.5 Å². The van der Waals surface area contributed by atoms with E-state index in [1.807, 2.05) is 55.7 Å². The van der Waals surface area contributed by atoms with Crippen LogP contribution in [0.2, 0.25) is 0 Å². The number of carbonyl (C=O) groups excluding carboxylic acids is 1. The zero-order valence-corrected chi connectivity index (χ0v) is 17.6. The molecule has 7 nitrogen and oxygen atoms in total. The van der Waals surface area contributed by atoms with Crippen LogP contribution in [0, 0.1) is 6.92 Å². The summed E-state index contributed by atoms with van der Waals surface area (Å²) in [6.45, 7) is 3.45. The molecule has 0 aliphatic carbocycles. The third-order valence-electron chi connectivity index (χ3n) is 5.43. The molecule has 2 amide bonds.